The van der Waals surface area contributed by atoms with E-state index in [-0.39, 0.29) is 19.5 Å². The molecule has 39 heavy (non-hydrogen) atoms. The molecular formula is C31H30N7Rh. The molecule has 7 nitrogen and oxygen atoms in total. The summed E-state index contributed by atoms with van der Waals surface area (Å²) in [7, 11) is 0. The quantitative estimate of drug-likeness (QED) is 0.182. The molecule has 0 amide bonds. The molecular weight excluding hydrogens is 573 g/mol. The topological polar surface area (TPSA) is 58.4 Å². The first-order valence-corrected chi connectivity index (χ1v) is 12.6. The summed E-state index contributed by atoms with van der Waals surface area (Å²) in [5, 5.41) is 4.21. The van der Waals surface area contributed by atoms with Gasteiger partial charge in [0.2, 0.25) is 0 Å². The smallest absolute Gasteiger partial charge is 0.466 e. The monoisotopic (exact) mass is 603 g/mol. The van der Waals surface area contributed by atoms with Crippen molar-refractivity contribution >= 4 is 0 Å². The van der Waals surface area contributed by atoms with Crippen LogP contribution in [0.1, 0.15) is 33.9 Å². The van der Waals surface area contributed by atoms with Crippen molar-refractivity contribution in [2.75, 3.05) is 0 Å². The Labute approximate surface area is 242 Å². The van der Waals surface area contributed by atoms with E-state index < -0.39 is 0 Å². The molecule has 0 aromatic carbocycles. The minimum Gasteiger partial charge on any atom is -0.466 e. The molecule has 6 heterocycles. The van der Waals surface area contributed by atoms with Crippen molar-refractivity contribution in [1.82, 2.24) is 33.4 Å². The molecule has 0 radical (unpaired) electrons. The fourth-order valence-electron chi connectivity index (χ4n) is 4.32. The van der Waals surface area contributed by atoms with Gasteiger partial charge in [0.1, 0.15) is 0 Å². The maximum Gasteiger partial charge on any atom is 3.00 e. The van der Waals surface area contributed by atoms with Crippen molar-refractivity contribution in [3.05, 3.63) is 150 Å². The summed E-state index contributed by atoms with van der Waals surface area (Å²) in [5.41, 5.74) is 6.67. The number of aromatic nitrogens is 7. The zero-order valence-corrected chi connectivity index (χ0v) is 23.7. The Morgan fingerprint density at radius 1 is 0.564 bits per heavy atom. The van der Waals surface area contributed by atoms with Gasteiger partial charge in [-0.3, -0.25) is 14.6 Å². The summed E-state index contributed by atoms with van der Waals surface area (Å²) in [6.45, 7) is 7.18. The van der Waals surface area contributed by atoms with Crippen molar-refractivity contribution in [3.63, 3.8) is 0 Å². The molecule has 0 fully saturated rings. The standard InChI is InChI=1S/C16H15N3.C15H15N4.Rh/c1-14-10-15(12-18-6-2-3-7-18)17-16(11-14)13-19-8-4-5-9-19;1-13-9-14(11-18-6-2-3-7-18)17-15(10-13)12-19-8-4-5-16-19;/h2-6,8,10-11H,12-13H2,1H3;2-6,8-10H,11-12H2,1H3;/q-2;-1;+3. The molecule has 198 valence electrons. The van der Waals surface area contributed by atoms with E-state index in [1.807, 2.05) is 85.6 Å². The van der Waals surface area contributed by atoms with Crippen molar-refractivity contribution in [2.45, 2.75) is 40.0 Å². The second-order valence-electron chi connectivity index (χ2n) is 9.25. The largest absolute Gasteiger partial charge is 3.00 e. The van der Waals surface area contributed by atoms with Crippen molar-refractivity contribution in [2.24, 2.45) is 0 Å². The molecule has 0 saturated carbocycles. The van der Waals surface area contributed by atoms with Crippen LogP contribution in [-0.4, -0.2) is 33.4 Å². The van der Waals surface area contributed by atoms with Crippen LogP contribution in [0.4, 0.5) is 0 Å². The van der Waals surface area contributed by atoms with Crippen LogP contribution in [0.2, 0.25) is 0 Å². The molecule has 0 aliphatic rings. The van der Waals surface area contributed by atoms with Gasteiger partial charge in [0.05, 0.1) is 29.3 Å². The van der Waals surface area contributed by atoms with Gasteiger partial charge < -0.3 is 13.7 Å². The third-order valence-corrected chi connectivity index (χ3v) is 5.84. The van der Waals surface area contributed by atoms with Crippen molar-refractivity contribution < 1.29 is 19.5 Å². The Kier molecular flexibility index (Phi) is 9.82. The first-order chi connectivity index (χ1) is 18.6. The third kappa shape index (κ3) is 8.49. The molecule has 0 saturated heterocycles. The SMILES string of the molecule is Cc1cc(Cn2[c-]ccc2)nc(Cn2[c-]ccc2)c1.Cc1cc(Cn2[c-]ccc2)nc(Cn2cccn2)c1.[Rh+3]. The predicted molar refractivity (Wildman–Crippen MR) is 146 cm³/mol. The Morgan fingerprint density at radius 3 is 1.31 bits per heavy atom. The first kappa shape index (κ1) is 28.0. The molecule has 0 unspecified atom stereocenters. The summed E-state index contributed by atoms with van der Waals surface area (Å²) < 4.78 is 7.90. The molecule has 0 atom stereocenters. The number of nitrogens with zero attached hydrogens (tertiary/aromatic N) is 7. The van der Waals surface area contributed by atoms with Crippen LogP contribution in [0.25, 0.3) is 0 Å². The number of pyridine rings is 2. The Hall–Kier alpha value is -4.03. The maximum atomic E-state index is 4.70. The van der Waals surface area contributed by atoms with E-state index in [1.165, 1.54) is 11.1 Å². The van der Waals surface area contributed by atoms with Gasteiger partial charge in [-0.1, -0.05) is 0 Å². The summed E-state index contributed by atoms with van der Waals surface area (Å²) in [6.07, 6.45) is 19.1. The first-order valence-electron chi connectivity index (χ1n) is 12.6. The van der Waals surface area contributed by atoms with Gasteiger partial charge in [-0.05, 0) is 55.3 Å². The summed E-state index contributed by atoms with van der Waals surface area (Å²) in [5.74, 6) is 0. The molecule has 0 N–H and O–H groups in total. The molecule has 8 heteroatoms. The summed E-state index contributed by atoms with van der Waals surface area (Å²) >= 11 is 0. The van der Waals surface area contributed by atoms with Gasteiger partial charge in [0, 0.05) is 32.0 Å². The third-order valence-electron chi connectivity index (χ3n) is 5.84. The number of rotatable bonds is 8. The Bertz CT molecular complexity index is 1290. The fraction of sp³-hybridized carbons (Fsp3) is 0.194. The Morgan fingerprint density at radius 2 is 0.974 bits per heavy atom. The van der Waals surface area contributed by atoms with E-state index >= 15 is 0 Å². The minimum absolute atomic E-state index is 0. The number of hydrogen-bond acceptors (Lipinski definition) is 3. The second kappa shape index (κ2) is 13.7. The molecule has 6 aromatic rings. The average molecular weight is 604 g/mol. The van der Waals surface area contributed by atoms with Crippen LogP contribution in [0.5, 0.6) is 0 Å². The number of aryl methyl sites for hydroxylation is 2. The van der Waals surface area contributed by atoms with Crippen molar-refractivity contribution in [1.29, 1.82) is 0 Å². The predicted octanol–water partition coefficient (Wildman–Crippen LogP) is 4.97. The van der Waals surface area contributed by atoms with Crippen LogP contribution in [-0.2, 0) is 45.7 Å². The minimum atomic E-state index is 0. The van der Waals surface area contributed by atoms with Gasteiger partial charge in [-0.2, -0.15) is 41.5 Å². The van der Waals surface area contributed by atoms with E-state index in [4.69, 9.17) is 4.98 Å². The maximum absolute atomic E-state index is 4.70. The zero-order chi connectivity index (χ0) is 26.2. The van der Waals surface area contributed by atoms with Gasteiger partial charge >= 0.3 is 19.5 Å². The van der Waals surface area contributed by atoms with Crippen LogP contribution in [0, 0.1) is 32.4 Å². The van der Waals surface area contributed by atoms with Crippen molar-refractivity contribution in [3.8, 4) is 0 Å². The van der Waals surface area contributed by atoms with Gasteiger partial charge in [0.15, 0.2) is 0 Å². The average Bonchev–Trinajstić information content (AvgIpc) is 3.69. The molecule has 0 aliphatic heterocycles. The molecule has 0 aliphatic carbocycles. The molecule has 0 spiro atoms. The van der Waals surface area contributed by atoms with Crippen LogP contribution in [0.15, 0.2) is 97.7 Å². The van der Waals surface area contributed by atoms with Crippen LogP contribution in [0.3, 0.4) is 0 Å². The van der Waals surface area contributed by atoms with E-state index in [9.17, 15) is 0 Å². The van der Waals surface area contributed by atoms with E-state index in [0.717, 1.165) is 42.4 Å². The molecule has 6 aromatic heterocycles. The number of hydrogen-bond donors (Lipinski definition) is 0. The second-order valence-corrected chi connectivity index (χ2v) is 9.25. The van der Waals surface area contributed by atoms with Gasteiger partial charge in [0.25, 0.3) is 0 Å². The van der Waals surface area contributed by atoms with Gasteiger partial charge in [-0.15, -0.1) is 37.2 Å². The molecule has 6 rings (SSSR count). The zero-order valence-electron chi connectivity index (χ0n) is 22.0. The van der Waals surface area contributed by atoms with E-state index in [2.05, 4.69) is 66.8 Å². The normalized spacial score (nSPS) is 10.5. The van der Waals surface area contributed by atoms with E-state index in [0.29, 0.717) is 6.54 Å². The molecule has 0 bridgehead atoms. The van der Waals surface area contributed by atoms with Gasteiger partial charge in [-0.25, -0.2) is 0 Å². The van der Waals surface area contributed by atoms with Crippen LogP contribution < -0.4 is 0 Å². The summed E-state index contributed by atoms with van der Waals surface area (Å²) in [6, 6.07) is 22.0. The fourth-order valence-corrected chi connectivity index (χ4v) is 4.32. The summed E-state index contributed by atoms with van der Waals surface area (Å²) in [4.78, 5) is 9.38. The van der Waals surface area contributed by atoms with E-state index in [1.54, 1.807) is 6.20 Å². The van der Waals surface area contributed by atoms with Crippen LogP contribution >= 0.6 is 0 Å². The Balaban J connectivity index is 0.000000176.